The molecule has 0 spiro atoms. The minimum Gasteiger partial charge on any atom is -0.365 e. The Hall–Kier alpha value is -0.380. The summed E-state index contributed by atoms with van der Waals surface area (Å²) >= 11 is 6.50. The van der Waals surface area contributed by atoms with Crippen molar-refractivity contribution in [2.24, 2.45) is 17.8 Å². The lowest BCUT2D eigenvalue weighted by molar-refractivity contribution is 0.0259. The van der Waals surface area contributed by atoms with E-state index in [-0.39, 0.29) is 5.38 Å². The Labute approximate surface area is 163 Å². The molecule has 5 unspecified atom stereocenters. The summed E-state index contributed by atoms with van der Waals surface area (Å²) in [6.45, 7) is 6.68. The smallest absolute Gasteiger partial charge is 0.163 e. The van der Waals surface area contributed by atoms with Gasteiger partial charge < -0.3 is 10.0 Å². The second-order valence-corrected chi connectivity index (χ2v) is 9.44. The van der Waals surface area contributed by atoms with Gasteiger partial charge in [0.05, 0.1) is 6.07 Å². The summed E-state index contributed by atoms with van der Waals surface area (Å²) in [5.41, 5.74) is 0. The number of aliphatic hydroxyl groups is 1. The molecular formula is C20H35ClN4O. The summed E-state index contributed by atoms with van der Waals surface area (Å²) in [5, 5.41) is 23.0. The van der Waals surface area contributed by atoms with E-state index in [1.807, 2.05) is 11.9 Å². The molecule has 3 fully saturated rings. The van der Waals surface area contributed by atoms with E-state index >= 15 is 0 Å². The van der Waals surface area contributed by atoms with Crippen LogP contribution in [-0.2, 0) is 0 Å². The quantitative estimate of drug-likeness (QED) is 0.580. The third-order valence-electron chi connectivity index (χ3n) is 7.40. The first-order valence-corrected chi connectivity index (χ1v) is 10.8. The van der Waals surface area contributed by atoms with Crippen LogP contribution in [0, 0.1) is 29.1 Å². The molecule has 0 aromatic heterocycles. The molecule has 148 valence electrons. The molecule has 2 saturated heterocycles. The third kappa shape index (κ3) is 4.20. The maximum atomic E-state index is 10.1. The zero-order chi connectivity index (χ0) is 18.8. The van der Waals surface area contributed by atoms with Crippen molar-refractivity contribution in [2.75, 3.05) is 20.1 Å². The third-order valence-corrected chi connectivity index (χ3v) is 7.79. The number of nitrogens with zero attached hydrogens (tertiary/aromatic N) is 3. The Bertz CT molecular complexity index is 505. The normalized spacial score (nSPS) is 43.9. The van der Waals surface area contributed by atoms with Gasteiger partial charge in [-0.2, -0.15) is 5.26 Å². The predicted octanol–water partition coefficient (Wildman–Crippen LogP) is 2.59. The molecule has 5 nitrogen and oxygen atoms in total. The van der Waals surface area contributed by atoms with Crippen LogP contribution in [0.2, 0.25) is 0 Å². The first kappa shape index (κ1) is 20.4. The Morgan fingerprint density at radius 2 is 1.88 bits per heavy atom. The fourth-order valence-electron chi connectivity index (χ4n) is 5.58. The summed E-state index contributed by atoms with van der Waals surface area (Å²) in [6.07, 6.45) is 5.68. The fourth-order valence-corrected chi connectivity index (χ4v) is 5.99. The number of hydrogen-bond donors (Lipinski definition) is 2. The Balaban J connectivity index is 1.62. The van der Waals surface area contributed by atoms with Crippen molar-refractivity contribution in [1.29, 1.82) is 5.26 Å². The van der Waals surface area contributed by atoms with Crippen molar-refractivity contribution < 1.29 is 5.11 Å². The van der Waals surface area contributed by atoms with Crippen LogP contribution >= 0.6 is 11.6 Å². The number of hydrogen-bond acceptors (Lipinski definition) is 5. The van der Waals surface area contributed by atoms with E-state index in [9.17, 15) is 10.4 Å². The van der Waals surface area contributed by atoms with Gasteiger partial charge in [-0.3, -0.25) is 10.2 Å². The van der Waals surface area contributed by atoms with Crippen LogP contribution in [0.1, 0.15) is 52.4 Å². The molecule has 0 bridgehead atoms. The molecular weight excluding hydrogens is 348 g/mol. The Kier molecular flexibility index (Phi) is 6.85. The minimum atomic E-state index is -0.517. The molecule has 7 atom stereocenters. The van der Waals surface area contributed by atoms with Crippen LogP contribution < -0.4 is 5.32 Å². The van der Waals surface area contributed by atoms with Crippen LogP contribution in [0.25, 0.3) is 0 Å². The molecule has 3 aliphatic rings. The molecule has 2 aliphatic heterocycles. The number of likely N-dealkylation sites (tertiary alicyclic amines) is 1. The Morgan fingerprint density at radius 1 is 1.19 bits per heavy atom. The van der Waals surface area contributed by atoms with Crippen molar-refractivity contribution in [3.05, 3.63) is 0 Å². The van der Waals surface area contributed by atoms with Crippen LogP contribution in [-0.4, -0.2) is 64.9 Å². The molecule has 0 aromatic rings. The van der Waals surface area contributed by atoms with E-state index < -0.39 is 6.35 Å². The summed E-state index contributed by atoms with van der Waals surface area (Å²) in [4.78, 5) is 4.66. The second-order valence-electron chi connectivity index (χ2n) is 8.83. The summed E-state index contributed by atoms with van der Waals surface area (Å²) in [7, 11) is 1.99. The molecule has 3 rings (SSSR count). The van der Waals surface area contributed by atoms with Gasteiger partial charge in [-0.15, -0.1) is 11.6 Å². The van der Waals surface area contributed by atoms with Crippen molar-refractivity contribution >= 4 is 11.6 Å². The van der Waals surface area contributed by atoms with E-state index in [1.165, 1.54) is 0 Å². The molecule has 1 aliphatic carbocycles. The zero-order valence-corrected chi connectivity index (χ0v) is 17.2. The van der Waals surface area contributed by atoms with Gasteiger partial charge in [0.1, 0.15) is 0 Å². The van der Waals surface area contributed by atoms with E-state index in [0.29, 0.717) is 42.3 Å². The largest absolute Gasteiger partial charge is 0.365 e. The van der Waals surface area contributed by atoms with Gasteiger partial charge in [0, 0.05) is 29.9 Å². The van der Waals surface area contributed by atoms with Crippen LogP contribution in [0.5, 0.6) is 0 Å². The average molecular weight is 383 g/mol. The number of aliphatic hydroxyl groups excluding tert-OH is 1. The van der Waals surface area contributed by atoms with Crippen molar-refractivity contribution in [3.63, 3.8) is 0 Å². The lowest BCUT2D eigenvalue weighted by atomic mass is 9.80. The van der Waals surface area contributed by atoms with Crippen LogP contribution in [0.4, 0.5) is 0 Å². The van der Waals surface area contributed by atoms with E-state index in [4.69, 9.17) is 11.6 Å². The highest BCUT2D eigenvalue weighted by Crippen LogP contribution is 2.38. The first-order chi connectivity index (χ1) is 12.4. The highest BCUT2D eigenvalue weighted by molar-refractivity contribution is 6.20. The number of halogens is 1. The summed E-state index contributed by atoms with van der Waals surface area (Å²) < 4.78 is 0. The van der Waals surface area contributed by atoms with Gasteiger partial charge >= 0.3 is 0 Å². The number of nitrogens with one attached hydrogen (secondary N) is 1. The maximum Gasteiger partial charge on any atom is 0.163 e. The lowest BCUT2D eigenvalue weighted by Gasteiger charge is -2.43. The standard InChI is InChI=1S/C20H35ClN4O/c1-13-12-16(21)4-5-18(17(13)6-9-22)25-10-7-15(8-11-25)19-14(2)24(3)20(26)23-19/h13-20,23,26H,4-8,10-12H2,1-3H3/t13-,14+,16?,17?,18?,19?,20?/m0/s1. The van der Waals surface area contributed by atoms with Gasteiger partial charge in [0.15, 0.2) is 6.35 Å². The average Bonchev–Trinajstić information content (AvgIpc) is 2.79. The fraction of sp³-hybridized carbons (Fsp3) is 0.950. The topological polar surface area (TPSA) is 62.5 Å². The number of piperidine rings is 1. The molecule has 6 heteroatoms. The van der Waals surface area contributed by atoms with Gasteiger partial charge in [-0.1, -0.05) is 6.92 Å². The van der Waals surface area contributed by atoms with Crippen molar-refractivity contribution in [1.82, 2.24) is 15.1 Å². The SMILES string of the molecule is C[C@@H]1C(C2CCN(C3CCC(Cl)C[C@H](C)C3CC#N)CC2)NC(O)N1C. The Morgan fingerprint density at radius 3 is 2.46 bits per heavy atom. The molecule has 1 saturated carbocycles. The van der Waals surface area contributed by atoms with E-state index in [2.05, 4.69) is 30.1 Å². The number of rotatable bonds is 3. The summed E-state index contributed by atoms with van der Waals surface area (Å²) in [6, 6.07) is 3.66. The van der Waals surface area contributed by atoms with Crippen molar-refractivity contribution in [2.45, 2.75) is 82.2 Å². The van der Waals surface area contributed by atoms with Gasteiger partial charge in [0.25, 0.3) is 0 Å². The van der Waals surface area contributed by atoms with Crippen molar-refractivity contribution in [3.8, 4) is 6.07 Å². The number of nitriles is 1. The predicted molar refractivity (Wildman–Crippen MR) is 105 cm³/mol. The maximum absolute atomic E-state index is 10.1. The number of likely N-dealkylation sites (N-methyl/N-ethyl adjacent to an activating group) is 1. The minimum absolute atomic E-state index is 0.259. The molecule has 2 heterocycles. The molecule has 26 heavy (non-hydrogen) atoms. The number of alkyl halides is 1. The van der Waals surface area contributed by atoms with Gasteiger partial charge in [-0.25, -0.2) is 0 Å². The monoisotopic (exact) mass is 382 g/mol. The van der Waals surface area contributed by atoms with Crippen LogP contribution in [0.3, 0.4) is 0 Å². The molecule has 0 aromatic carbocycles. The van der Waals surface area contributed by atoms with E-state index in [0.717, 1.165) is 45.2 Å². The molecule has 0 amide bonds. The van der Waals surface area contributed by atoms with E-state index in [1.54, 1.807) is 0 Å². The zero-order valence-electron chi connectivity index (χ0n) is 16.4. The molecule has 0 radical (unpaired) electrons. The second kappa shape index (κ2) is 8.75. The van der Waals surface area contributed by atoms with Crippen LogP contribution in [0.15, 0.2) is 0 Å². The summed E-state index contributed by atoms with van der Waals surface area (Å²) in [5.74, 6) is 1.57. The molecule has 2 N–H and O–H groups in total. The van der Waals surface area contributed by atoms with Gasteiger partial charge in [0.2, 0.25) is 0 Å². The highest BCUT2D eigenvalue weighted by Gasteiger charge is 2.42. The first-order valence-electron chi connectivity index (χ1n) is 10.3. The lowest BCUT2D eigenvalue weighted by Crippen LogP contribution is -2.50. The highest BCUT2D eigenvalue weighted by atomic mass is 35.5. The van der Waals surface area contributed by atoms with Gasteiger partial charge in [-0.05, 0) is 76.9 Å².